The maximum absolute atomic E-state index is 10.6. The van der Waals surface area contributed by atoms with E-state index < -0.39 is 4.92 Å². The SMILES string of the molecule is CC(N)c1cccnc1Oc1ccc([N+](=O)[O-])cc1Cl. The fraction of sp³-hybridized carbons (Fsp3) is 0.154. The van der Waals surface area contributed by atoms with E-state index in [0.29, 0.717) is 5.88 Å². The van der Waals surface area contributed by atoms with Crippen LogP contribution < -0.4 is 10.5 Å². The molecule has 104 valence electrons. The summed E-state index contributed by atoms with van der Waals surface area (Å²) in [6.07, 6.45) is 1.57. The van der Waals surface area contributed by atoms with E-state index in [1.165, 1.54) is 18.2 Å². The molecule has 1 heterocycles. The van der Waals surface area contributed by atoms with Crippen molar-refractivity contribution in [2.24, 2.45) is 5.73 Å². The van der Waals surface area contributed by atoms with Crippen LogP contribution in [-0.2, 0) is 0 Å². The van der Waals surface area contributed by atoms with Crippen molar-refractivity contribution in [1.29, 1.82) is 0 Å². The number of nitrogens with zero attached hydrogens (tertiary/aromatic N) is 2. The molecule has 1 aromatic carbocycles. The van der Waals surface area contributed by atoms with Gasteiger partial charge >= 0.3 is 0 Å². The molecule has 0 amide bonds. The second-order valence-electron chi connectivity index (χ2n) is 4.16. The number of ether oxygens (including phenoxy) is 1. The number of pyridine rings is 1. The van der Waals surface area contributed by atoms with Gasteiger partial charge in [0.2, 0.25) is 5.88 Å². The zero-order chi connectivity index (χ0) is 14.7. The van der Waals surface area contributed by atoms with E-state index in [0.717, 1.165) is 5.56 Å². The molecule has 7 heteroatoms. The molecule has 20 heavy (non-hydrogen) atoms. The Morgan fingerprint density at radius 3 is 2.80 bits per heavy atom. The molecule has 6 nitrogen and oxygen atoms in total. The molecule has 0 spiro atoms. The lowest BCUT2D eigenvalue weighted by Gasteiger charge is -2.12. The molecular weight excluding hydrogens is 282 g/mol. The number of nitrogens with two attached hydrogens (primary N) is 1. The highest BCUT2D eigenvalue weighted by Gasteiger charge is 2.14. The molecule has 0 fully saturated rings. The van der Waals surface area contributed by atoms with Gasteiger partial charge in [0.1, 0.15) is 5.75 Å². The van der Waals surface area contributed by atoms with Crippen LogP contribution in [0.4, 0.5) is 5.69 Å². The lowest BCUT2D eigenvalue weighted by Crippen LogP contribution is -2.07. The van der Waals surface area contributed by atoms with Gasteiger partial charge in [-0.05, 0) is 19.1 Å². The van der Waals surface area contributed by atoms with Gasteiger partial charge in [-0.3, -0.25) is 10.1 Å². The minimum absolute atomic E-state index is 0.101. The molecule has 1 aromatic heterocycles. The molecule has 0 aliphatic carbocycles. The monoisotopic (exact) mass is 293 g/mol. The lowest BCUT2D eigenvalue weighted by molar-refractivity contribution is -0.384. The number of non-ortho nitro benzene ring substituents is 1. The third kappa shape index (κ3) is 3.04. The molecule has 0 radical (unpaired) electrons. The summed E-state index contributed by atoms with van der Waals surface area (Å²) >= 11 is 5.97. The van der Waals surface area contributed by atoms with Gasteiger partial charge in [-0.2, -0.15) is 0 Å². The van der Waals surface area contributed by atoms with Gasteiger partial charge in [0.25, 0.3) is 5.69 Å². The lowest BCUT2D eigenvalue weighted by atomic mass is 10.1. The first-order valence-electron chi connectivity index (χ1n) is 5.81. The second-order valence-corrected chi connectivity index (χ2v) is 4.57. The molecule has 0 saturated carbocycles. The first kappa shape index (κ1) is 14.2. The molecule has 0 saturated heterocycles. The molecule has 1 atom stereocenters. The van der Waals surface area contributed by atoms with Gasteiger partial charge in [0, 0.05) is 29.9 Å². The van der Waals surface area contributed by atoms with Crippen molar-refractivity contribution < 1.29 is 9.66 Å². The van der Waals surface area contributed by atoms with Crippen LogP contribution in [0, 0.1) is 10.1 Å². The van der Waals surface area contributed by atoms with Crippen molar-refractivity contribution in [2.45, 2.75) is 13.0 Å². The number of hydrogen-bond acceptors (Lipinski definition) is 5. The molecule has 0 aliphatic heterocycles. The summed E-state index contributed by atoms with van der Waals surface area (Å²) in [4.78, 5) is 14.2. The molecular formula is C13H12ClN3O3. The normalized spacial score (nSPS) is 11.9. The smallest absolute Gasteiger partial charge is 0.271 e. The maximum Gasteiger partial charge on any atom is 0.271 e. The Morgan fingerprint density at radius 1 is 1.45 bits per heavy atom. The minimum atomic E-state index is -0.524. The Labute approximate surface area is 120 Å². The Bertz CT molecular complexity index is 647. The number of rotatable bonds is 4. The van der Waals surface area contributed by atoms with Gasteiger partial charge in [-0.1, -0.05) is 17.7 Å². The first-order chi connectivity index (χ1) is 9.49. The number of nitro benzene ring substituents is 1. The minimum Gasteiger partial charge on any atom is -0.437 e. The third-order valence-electron chi connectivity index (χ3n) is 2.62. The fourth-order valence-corrected chi connectivity index (χ4v) is 1.84. The quantitative estimate of drug-likeness (QED) is 0.688. The predicted molar refractivity (Wildman–Crippen MR) is 75.0 cm³/mol. The highest BCUT2D eigenvalue weighted by molar-refractivity contribution is 6.32. The van der Waals surface area contributed by atoms with E-state index in [2.05, 4.69) is 4.98 Å². The number of aromatic nitrogens is 1. The van der Waals surface area contributed by atoms with Crippen molar-refractivity contribution >= 4 is 17.3 Å². The summed E-state index contributed by atoms with van der Waals surface area (Å²) in [5, 5.41) is 10.8. The Balaban J connectivity index is 2.33. The Hall–Kier alpha value is -2.18. The van der Waals surface area contributed by atoms with Crippen LogP contribution in [0.5, 0.6) is 11.6 Å². The van der Waals surface area contributed by atoms with Crippen molar-refractivity contribution in [2.75, 3.05) is 0 Å². The summed E-state index contributed by atoms with van der Waals surface area (Å²) in [6, 6.07) is 7.27. The molecule has 0 bridgehead atoms. The van der Waals surface area contributed by atoms with Crippen LogP contribution >= 0.6 is 11.6 Å². The zero-order valence-electron chi connectivity index (χ0n) is 10.6. The van der Waals surface area contributed by atoms with E-state index in [1.54, 1.807) is 25.3 Å². The van der Waals surface area contributed by atoms with Crippen LogP contribution in [0.3, 0.4) is 0 Å². The van der Waals surface area contributed by atoms with Crippen LogP contribution in [0.25, 0.3) is 0 Å². The topological polar surface area (TPSA) is 91.3 Å². The van der Waals surface area contributed by atoms with E-state index in [-0.39, 0.29) is 22.5 Å². The summed E-state index contributed by atoms with van der Waals surface area (Å²) in [6.45, 7) is 1.81. The van der Waals surface area contributed by atoms with Crippen molar-refractivity contribution in [3.8, 4) is 11.6 Å². The molecule has 2 aromatic rings. The number of nitro groups is 1. The summed E-state index contributed by atoms with van der Waals surface area (Å²) in [5.41, 5.74) is 6.45. The van der Waals surface area contributed by atoms with Gasteiger partial charge in [0.05, 0.1) is 9.95 Å². The average molecular weight is 294 g/mol. The van der Waals surface area contributed by atoms with Gasteiger partial charge in [-0.15, -0.1) is 0 Å². The maximum atomic E-state index is 10.6. The van der Waals surface area contributed by atoms with Crippen LogP contribution in [0.15, 0.2) is 36.5 Å². The van der Waals surface area contributed by atoms with Crippen LogP contribution in [0.2, 0.25) is 5.02 Å². The molecule has 2 N–H and O–H groups in total. The van der Waals surface area contributed by atoms with Gasteiger partial charge in [-0.25, -0.2) is 4.98 Å². The second kappa shape index (κ2) is 5.85. The Morgan fingerprint density at radius 2 is 2.20 bits per heavy atom. The van der Waals surface area contributed by atoms with Crippen molar-refractivity contribution in [1.82, 2.24) is 4.98 Å². The van der Waals surface area contributed by atoms with Crippen LogP contribution in [0.1, 0.15) is 18.5 Å². The largest absolute Gasteiger partial charge is 0.437 e. The molecule has 0 aliphatic rings. The predicted octanol–water partition coefficient (Wildman–Crippen LogP) is 3.46. The van der Waals surface area contributed by atoms with Gasteiger partial charge < -0.3 is 10.5 Å². The van der Waals surface area contributed by atoms with Crippen molar-refractivity contribution in [3.05, 3.63) is 57.2 Å². The zero-order valence-corrected chi connectivity index (χ0v) is 11.4. The number of halogens is 1. The highest BCUT2D eigenvalue weighted by Crippen LogP contribution is 2.33. The first-order valence-corrected chi connectivity index (χ1v) is 6.19. The number of hydrogen-bond donors (Lipinski definition) is 1. The Kier molecular flexibility index (Phi) is 4.16. The number of benzene rings is 1. The van der Waals surface area contributed by atoms with E-state index in [9.17, 15) is 10.1 Å². The average Bonchev–Trinajstić information content (AvgIpc) is 2.41. The van der Waals surface area contributed by atoms with Crippen molar-refractivity contribution in [3.63, 3.8) is 0 Å². The highest BCUT2D eigenvalue weighted by atomic mass is 35.5. The fourth-order valence-electron chi connectivity index (χ4n) is 1.63. The van der Waals surface area contributed by atoms with Gasteiger partial charge in [0.15, 0.2) is 0 Å². The van der Waals surface area contributed by atoms with E-state index in [1.807, 2.05) is 0 Å². The van der Waals surface area contributed by atoms with Crippen LogP contribution in [-0.4, -0.2) is 9.91 Å². The summed E-state index contributed by atoms with van der Waals surface area (Å²) in [7, 11) is 0. The molecule has 1 unspecified atom stereocenters. The van der Waals surface area contributed by atoms with E-state index >= 15 is 0 Å². The summed E-state index contributed by atoms with van der Waals surface area (Å²) in [5.74, 6) is 0.621. The summed E-state index contributed by atoms with van der Waals surface area (Å²) < 4.78 is 5.59. The van der Waals surface area contributed by atoms with E-state index in [4.69, 9.17) is 22.1 Å². The molecule has 2 rings (SSSR count). The standard InChI is InChI=1S/C13H12ClN3O3/c1-8(15)10-3-2-6-16-13(10)20-12-5-4-9(17(18)19)7-11(12)14/h2-8H,15H2,1H3. The third-order valence-corrected chi connectivity index (χ3v) is 2.92.